The first-order chi connectivity index (χ1) is 19.7. The van der Waals surface area contributed by atoms with E-state index in [1.807, 2.05) is 76.3 Å². The summed E-state index contributed by atoms with van der Waals surface area (Å²) in [6, 6.07) is 11.3. The van der Waals surface area contributed by atoms with Gasteiger partial charge in [-0.15, -0.1) is 0 Å². The Morgan fingerprint density at radius 1 is 1.10 bits per heavy atom. The van der Waals surface area contributed by atoms with E-state index < -0.39 is 17.7 Å². The highest BCUT2D eigenvalue weighted by atomic mass is 35.5. The number of likely N-dealkylation sites (N-methyl/N-ethyl adjacent to an activating group) is 1. The second kappa shape index (κ2) is 12.9. The third-order valence-corrected chi connectivity index (χ3v) is 7.89. The summed E-state index contributed by atoms with van der Waals surface area (Å²) in [6.07, 6.45) is 4.53. The predicted molar refractivity (Wildman–Crippen MR) is 169 cm³/mol. The molecule has 2 aromatic heterocycles. The van der Waals surface area contributed by atoms with Crippen molar-refractivity contribution in [3.8, 4) is 16.9 Å². The number of carboxylic acids is 1. The van der Waals surface area contributed by atoms with E-state index in [9.17, 15) is 9.90 Å². The van der Waals surface area contributed by atoms with Gasteiger partial charge in [-0.2, -0.15) is 0 Å². The van der Waals surface area contributed by atoms with E-state index >= 15 is 0 Å². The van der Waals surface area contributed by atoms with Gasteiger partial charge in [0.25, 0.3) is 0 Å². The summed E-state index contributed by atoms with van der Waals surface area (Å²) in [7, 11) is 1.97. The number of pyridine rings is 2. The maximum Gasteiger partial charge on any atom is 0.337 e. The molecule has 3 aromatic rings. The Morgan fingerprint density at radius 3 is 2.33 bits per heavy atom. The summed E-state index contributed by atoms with van der Waals surface area (Å²) in [5, 5.41) is 11.0. The van der Waals surface area contributed by atoms with Crippen molar-refractivity contribution in [2.24, 2.45) is 5.41 Å². The molecule has 3 heterocycles. The quantitative estimate of drug-likeness (QED) is 0.264. The Labute approximate surface area is 254 Å². The van der Waals surface area contributed by atoms with Crippen LogP contribution in [-0.4, -0.2) is 59.9 Å². The lowest BCUT2D eigenvalue weighted by Crippen LogP contribution is -2.39. The van der Waals surface area contributed by atoms with Crippen molar-refractivity contribution in [2.75, 3.05) is 43.1 Å². The normalized spacial score (nSPS) is 15.8. The van der Waals surface area contributed by atoms with E-state index in [0.717, 1.165) is 54.3 Å². The van der Waals surface area contributed by atoms with Crippen molar-refractivity contribution in [2.45, 2.75) is 66.1 Å². The van der Waals surface area contributed by atoms with Crippen LogP contribution in [0.1, 0.15) is 64.8 Å². The predicted octanol–water partition coefficient (Wildman–Crippen LogP) is 7.19. The number of benzene rings is 1. The maximum absolute atomic E-state index is 12.6. The van der Waals surface area contributed by atoms with Crippen molar-refractivity contribution in [1.82, 2.24) is 9.97 Å². The van der Waals surface area contributed by atoms with Gasteiger partial charge in [0.05, 0.1) is 17.8 Å². The van der Waals surface area contributed by atoms with Crippen molar-refractivity contribution >= 4 is 29.1 Å². The van der Waals surface area contributed by atoms with Crippen LogP contribution in [0.5, 0.6) is 5.75 Å². The number of ether oxygens (including phenoxy) is 2. The molecule has 1 fully saturated rings. The molecule has 42 heavy (non-hydrogen) atoms. The maximum atomic E-state index is 12.6. The number of hydrogen-bond acceptors (Lipinski definition) is 7. The Balaban J connectivity index is 1.64. The highest BCUT2D eigenvalue weighted by Crippen LogP contribution is 2.43. The highest BCUT2D eigenvalue weighted by molar-refractivity contribution is 6.30. The topological polar surface area (TPSA) is 88.0 Å². The molecule has 0 saturated carbocycles. The summed E-state index contributed by atoms with van der Waals surface area (Å²) in [6.45, 7) is 14.8. The summed E-state index contributed by atoms with van der Waals surface area (Å²) >= 11 is 5.96. The number of anilines is 2. The van der Waals surface area contributed by atoms with E-state index in [0.29, 0.717) is 29.4 Å². The monoisotopic (exact) mass is 594 g/mol. The number of aromatic nitrogens is 2. The number of halogens is 1. The number of nitrogens with zero attached hydrogens (tertiary/aromatic N) is 4. The minimum absolute atomic E-state index is 0.234. The standard InChI is InChI=1S/C33H43ClN4O4/c1-22-28(30(31(39)40)42-32(2,3)4)29(38-16-14-33(5,6)15-17-38)26(21-35-22)23-8-13-27(36-20-23)37(7)18-19-41-25-11-9-24(34)10-12-25/h8-13,20-21,30H,14-19H2,1-7H3,(H,39,40)/t30-/m0/s1. The fourth-order valence-electron chi connectivity index (χ4n) is 5.11. The molecule has 0 spiro atoms. The van der Waals surface area contributed by atoms with Gasteiger partial charge < -0.3 is 24.4 Å². The Bertz CT molecular complexity index is 1360. The number of carbonyl (C=O) groups is 1. The fourth-order valence-corrected chi connectivity index (χ4v) is 5.24. The smallest absolute Gasteiger partial charge is 0.337 e. The zero-order valence-corrected chi connectivity index (χ0v) is 26.5. The van der Waals surface area contributed by atoms with Crippen LogP contribution in [0, 0.1) is 12.3 Å². The molecular weight excluding hydrogens is 552 g/mol. The van der Waals surface area contributed by atoms with Crippen LogP contribution < -0.4 is 14.5 Å². The molecule has 1 aromatic carbocycles. The molecule has 1 aliphatic rings. The number of rotatable bonds is 10. The Hall–Kier alpha value is -3.36. The Morgan fingerprint density at radius 2 is 1.76 bits per heavy atom. The molecule has 1 N–H and O–H groups in total. The van der Waals surface area contributed by atoms with Crippen molar-refractivity contribution in [1.29, 1.82) is 0 Å². The average Bonchev–Trinajstić information content (AvgIpc) is 2.92. The van der Waals surface area contributed by atoms with Gasteiger partial charge in [0.1, 0.15) is 18.2 Å². The molecule has 9 heteroatoms. The van der Waals surface area contributed by atoms with Crippen LogP contribution in [-0.2, 0) is 9.53 Å². The van der Waals surface area contributed by atoms with Crippen LogP contribution in [0.2, 0.25) is 5.02 Å². The zero-order valence-electron chi connectivity index (χ0n) is 25.8. The van der Waals surface area contributed by atoms with Crippen LogP contribution >= 0.6 is 11.6 Å². The van der Waals surface area contributed by atoms with Gasteiger partial charge in [-0.25, -0.2) is 9.78 Å². The van der Waals surface area contributed by atoms with Crippen molar-refractivity contribution in [3.63, 3.8) is 0 Å². The number of piperidine rings is 1. The lowest BCUT2D eigenvalue weighted by Gasteiger charge is -2.41. The van der Waals surface area contributed by atoms with Gasteiger partial charge in [0.2, 0.25) is 0 Å². The van der Waals surface area contributed by atoms with Crippen LogP contribution in [0.4, 0.5) is 11.5 Å². The van der Waals surface area contributed by atoms with Gasteiger partial charge in [-0.1, -0.05) is 25.4 Å². The van der Waals surface area contributed by atoms with Crippen molar-refractivity contribution < 1.29 is 19.4 Å². The van der Waals surface area contributed by atoms with Crippen LogP contribution in [0.3, 0.4) is 0 Å². The lowest BCUT2D eigenvalue weighted by molar-refractivity contribution is -0.160. The second-order valence-electron chi connectivity index (χ2n) is 12.7. The summed E-state index contributed by atoms with van der Waals surface area (Å²) in [5.41, 5.74) is 3.43. The fraction of sp³-hybridized carbons (Fsp3) is 0.485. The van der Waals surface area contributed by atoms with Crippen molar-refractivity contribution in [3.05, 3.63) is 65.1 Å². The lowest BCUT2D eigenvalue weighted by atomic mass is 9.82. The van der Waals surface area contributed by atoms with Gasteiger partial charge in [-0.05, 0) is 82.3 Å². The molecule has 0 unspecified atom stereocenters. The minimum atomic E-state index is -1.15. The first-order valence-electron chi connectivity index (χ1n) is 14.4. The number of aryl methyl sites for hydroxylation is 1. The molecule has 1 atom stereocenters. The first-order valence-corrected chi connectivity index (χ1v) is 14.8. The molecule has 4 rings (SSSR count). The van der Waals surface area contributed by atoms with Crippen LogP contribution in [0.15, 0.2) is 48.8 Å². The van der Waals surface area contributed by atoms with Crippen LogP contribution in [0.25, 0.3) is 11.1 Å². The van der Waals surface area contributed by atoms with Gasteiger partial charge >= 0.3 is 5.97 Å². The summed E-state index contributed by atoms with van der Waals surface area (Å²) < 4.78 is 12.0. The van der Waals surface area contributed by atoms with Gasteiger partial charge in [0.15, 0.2) is 6.10 Å². The van der Waals surface area contributed by atoms with E-state index in [4.69, 9.17) is 26.1 Å². The third kappa shape index (κ3) is 7.92. The van der Waals surface area contributed by atoms with E-state index in [1.165, 1.54) is 0 Å². The second-order valence-corrected chi connectivity index (χ2v) is 13.2. The van der Waals surface area contributed by atoms with Gasteiger partial charge in [0, 0.05) is 59.9 Å². The molecule has 0 amide bonds. The minimum Gasteiger partial charge on any atom is -0.492 e. The number of aliphatic carboxylic acids is 1. The number of carboxylic acid groups (broad SMARTS) is 1. The molecule has 226 valence electrons. The van der Waals surface area contributed by atoms with E-state index in [-0.39, 0.29) is 5.41 Å². The SMILES string of the molecule is Cc1ncc(-c2ccc(N(C)CCOc3ccc(Cl)cc3)nc2)c(N2CCC(C)(C)CC2)c1[C@H](OC(C)(C)C)C(=O)O. The molecule has 8 nitrogen and oxygen atoms in total. The zero-order chi connectivity index (χ0) is 30.7. The molecule has 0 bridgehead atoms. The molecule has 1 aliphatic heterocycles. The largest absolute Gasteiger partial charge is 0.492 e. The molecular formula is C33H43ClN4O4. The Kier molecular flexibility index (Phi) is 9.68. The number of hydrogen-bond donors (Lipinski definition) is 1. The van der Waals surface area contributed by atoms with E-state index in [2.05, 4.69) is 23.7 Å². The molecule has 0 radical (unpaired) electrons. The van der Waals surface area contributed by atoms with E-state index in [1.54, 1.807) is 12.1 Å². The molecule has 0 aliphatic carbocycles. The summed E-state index contributed by atoms with van der Waals surface area (Å²) in [5.74, 6) is 0.545. The summed E-state index contributed by atoms with van der Waals surface area (Å²) in [4.78, 5) is 26.4. The highest BCUT2D eigenvalue weighted by Gasteiger charge is 2.35. The van der Waals surface area contributed by atoms with Gasteiger partial charge in [-0.3, -0.25) is 4.98 Å². The average molecular weight is 595 g/mol. The molecule has 1 saturated heterocycles. The third-order valence-electron chi connectivity index (χ3n) is 7.64. The first kappa shape index (κ1) is 31.6.